The van der Waals surface area contributed by atoms with Gasteiger partial charge in [-0.2, -0.15) is 0 Å². The van der Waals surface area contributed by atoms with E-state index in [0.717, 1.165) is 43.7 Å². The minimum Gasteiger partial charge on any atom is -0.383 e. The Bertz CT molecular complexity index is 906. The van der Waals surface area contributed by atoms with Crippen LogP contribution in [0.3, 0.4) is 0 Å². The summed E-state index contributed by atoms with van der Waals surface area (Å²) >= 11 is 0. The molecule has 0 aromatic heterocycles. The van der Waals surface area contributed by atoms with Crippen molar-refractivity contribution in [3.8, 4) is 0 Å². The van der Waals surface area contributed by atoms with E-state index in [-0.39, 0.29) is 11.9 Å². The van der Waals surface area contributed by atoms with Crippen molar-refractivity contribution in [3.05, 3.63) is 53.6 Å². The molecule has 1 fully saturated rings. The quantitative estimate of drug-likeness (QED) is 0.530. The number of carbonyl (C=O) groups excluding carboxylic acids is 2. The van der Waals surface area contributed by atoms with Gasteiger partial charge >= 0.3 is 6.03 Å². The minimum atomic E-state index is -0.348. The summed E-state index contributed by atoms with van der Waals surface area (Å²) in [6.07, 6.45) is 3.15. The van der Waals surface area contributed by atoms with Crippen molar-refractivity contribution in [2.45, 2.75) is 33.1 Å². The number of hydrogen-bond acceptors (Lipinski definition) is 4. The molecule has 3 amide bonds. The Morgan fingerprint density at radius 1 is 1.03 bits per heavy atom. The first kappa shape index (κ1) is 23.6. The number of nitrogens with one attached hydrogen (secondary N) is 3. The van der Waals surface area contributed by atoms with Crippen LogP contribution in [0.25, 0.3) is 0 Å². The summed E-state index contributed by atoms with van der Waals surface area (Å²) in [4.78, 5) is 27.7. The number of nitrogens with zero attached hydrogens (tertiary/aromatic N) is 1. The molecule has 2 aromatic rings. The van der Waals surface area contributed by atoms with Gasteiger partial charge in [-0.3, -0.25) is 4.79 Å². The maximum Gasteiger partial charge on any atom is 0.323 e. The molecule has 172 valence electrons. The van der Waals surface area contributed by atoms with Crippen LogP contribution < -0.4 is 20.9 Å². The van der Waals surface area contributed by atoms with Crippen LogP contribution in [-0.4, -0.2) is 45.3 Å². The second-order valence-electron chi connectivity index (χ2n) is 8.28. The van der Waals surface area contributed by atoms with E-state index in [4.69, 9.17) is 4.74 Å². The number of benzene rings is 2. The van der Waals surface area contributed by atoms with Crippen LogP contribution in [0.15, 0.2) is 42.5 Å². The van der Waals surface area contributed by atoms with Crippen molar-refractivity contribution in [2.24, 2.45) is 5.92 Å². The van der Waals surface area contributed by atoms with Crippen LogP contribution in [0.1, 0.15) is 42.6 Å². The summed E-state index contributed by atoms with van der Waals surface area (Å²) < 4.78 is 5.04. The number of piperidine rings is 1. The molecule has 3 rings (SSSR count). The molecule has 0 atom stereocenters. The van der Waals surface area contributed by atoms with Crippen molar-refractivity contribution < 1.29 is 14.3 Å². The normalized spacial score (nSPS) is 14.2. The topological polar surface area (TPSA) is 82.7 Å². The Morgan fingerprint density at radius 2 is 1.69 bits per heavy atom. The summed E-state index contributed by atoms with van der Waals surface area (Å²) in [6.45, 7) is 7.06. The first-order valence-corrected chi connectivity index (χ1v) is 11.3. The zero-order valence-corrected chi connectivity index (χ0v) is 19.2. The third kappa shape index (κ3) is 6.47. The zero-order chi connectivity index (χ0) is 22.9. The van der Waals surface area contributed by atoms with E-state index in [0.29, 0.717) is 30.3 Å². The minimum absolute atomic E-state index is 0.171. The Kier molecular flexibility index (Phi) is 8.50. The lowest BCUT2D eigenvalue weighted by Gasteiger charge is -2.33. The molecule has 32 heavy (non-hydrogen) atoms. The van der Waals surface area contributed by atoms with E-state index < -0.39 is 0 Å². The highest BCUT2D eigenvalue weighted by molar-refractivity contribution is 6.04. The molecule has 0 radical (unpaired) electrons. The van der Waals surface area contributed by atoms with Crippen molar-refractivity contribution in [1.29, 1.82) is 0 Å². The molecule has 0 bridgehead atoms. The molecular weight excluding hydrogens is 404 g/mol. The molecule has 0 aliphatic carbocycles. The average molecular weight is 439 g/mol. The van der Waals surface area contributed by atoms with Gasteiger partial charge in [-0.25, -0.2) is 4.79 Å². The van der Waals surface area contributed by atoms with E-state index in [1.165, 1.54) is 5.56 Å². The van der Waals surface area contributed by atoms with Gasteiger partial charge in [0.1, 0.15) is 0 Å². The van der Waals surface area contributed by atoms with E-state index in [9.17, 15) is 9.59 Å². The Balaban J connectivity index is 1.74. The third-order valence-corrected chi connectivity index (χ3v) is 5.84. The largest absolute Gasteiger partial charge is 0.383 e. The first-order valence-electron chi connectivity index (χ1n) is 11.3. The van der Waals surface area contributed by atoms with E-state index >= 15 is 0 Å². The molecule has 0 spiro atoms. The molecule has 7 heteroatoms. The monoisotopic (exact) mass is 438 g/mol. The highest BCUT2D eigenvalue weighted by atomic mass is 16.5. The Hall–Kier alpha value is -3.06. The highest BCUT2D eigenvalue weighted by Crippen LogP contribution is 2.29. The number of rotatable bonds is 8. The van der Waals surface area contributed by atoms with Gasteiger partial charge in [-0.1, -0.05) is 26.0 Å². The summed E-state index contributed by atoms with van der Waals surface area (Å²) in [5.74, 6) is 0.524. The Labute approximate surface area is 190 Å². The average Bonchev–Trinajstić information content (AvgIpc) is 2.80. The molecule has 7 nitrogen and oxygen atoms in total. The number of methoxy groups -OCH3 is 1. The maximum absolute atomic E-state index is 12.9. The van der Waals surface area contributed by atoms with Crippen molar-refractivity contribution >= 4 is 29.0 Å². The van der Waals surface area contributed by atoms with Gasteiger partial charge in [0.25, 0.3) is 5.91 Å². The summed E-state index contributed by atoms with van der Waals surface area (Å²) in [6, 6.07) is 12.9. The van der Waals surface area contributed by atoms with Crippen LogP contribution in [0.2, 0.25) is 0 Å². The van der Waals surface area contributed by atoms with Gasteiger partial charge in [-0.15, -0.1) is 0 Å². The van der Waals surface area contributed by atoms with E-state index in [1.807, 2.05) is 36.4 Å². The van der Waals surface area contributed by atoms with Crippen LogP contribution >= 0.6 is 0 Å². The van der Waals surface area contributed by atoms with E-state index in [1.54, 1.807) is 13.2 Å². The lowest BCUT2D eigenvalue weighted by atomic mass is 9.98. The van der Waals surface area contributed by atoms with E-state index in [2.05, 4.69) is 34.7 Å². The van der Waals surface area contributed by atoms with Gasteiger partial charge in [0.15, 0.2) is 0 Å². The van der Waals surface area contributed by atoms with Gasteiger partial charge in [-0.05, 0) is 61.1 Å². The first-order chi connectivity index (χ1) is 15.5. The number of ether oxygens (including phenoxy) is 1. The van der Waals surface area contributed by atoms with Gasteiger partial charge in [0.2, 0.25) is 0 Å². The predicted octanol–water partition coefficient (Wildman–Crippen LogP) is 4.51. The SMILES string of the molecule is CCc1ccc(NC(=O)Nc2ccc(N3CCC(C)CC3)c(C(=O)NCCOC)c2)cc1. The fraction of sp³-hybridized carbons (Fsp3) is 0.440. The van der Waals surface area contributed by atoms with Crippen LogP contribution in [0, 0.1) is 5.92 Å². The number of carbonyl (C=O) groups is 2. The van der Waals surface area contributed by atoms with Crippen LogP contribution in [0.4, 0.5) is 21.9 Å². The number of amides is 3. The molecule has 0 unspecified atom stereocenters. The second-order valence-corrected chi connectivity index (χ2v) is 8.28. The third-order valence-electron chi connectivity index (χ3n) is 5.84. The van der Waals surface area contributed by atoms with Crippen LogP contribution in [-0.2, 0) is 11.2 Å². The van der Waals surface area contributed by atoms with Crippen molar-refractivity contribution in [1.82, 2.24) is 5.32 Å². The highest BCUT2D eigenvalue weighted by Gasteiger charge is 2.22. The van der Waals surface area contributed by atoms with Gasteiger partial charge in [0, 0.05) is 43.8 Å². The number of hydrogen-bond donors (Lipinski definition) is 3. The molecule has 2 aromatic carbocycles. The molecule has 0 saturated carbocycles. The van der Waals surface area contributed by atoms with Gasteiger partial charge < -0.3 is 25.6 Å². The molecule has 3 N–H and O–H groups in total. The van der Waals surface area contributed by atoms with Crippen molar-refractivity contribution in [3.63, 3.8) is 0 Å². The number of aryl methyl sites for hydroxylation is 1. The molecule has 1 saturated heterocycles. The maximum atomic E-state index is 12.9. The van der Waals surface area contributed by atoms with Crippen LogP contribution in [0.5, 0.6) is 0 Å². The number of urea groups is 1. The van der Waals surface area contributed by atoms with Crippen molar-refractivity contribution in [2.75, 3.05) is 48.9 Å². The lowest BCUT2D eigenvalue weighted by Crippen LogP contribution is -2.35. The lowest BCUT2D eigenvalue weighted by molar-refractivity contribution is 0.0937. The van der Waals surface area contributed by atoms with Gasteiger partial charge in [0.05, 0.1) is 12.2 Å². The Morgan fingerprint density at radius 3 is 2.34 bits per heavy atom. The zero-order valence-electron chi connectivity index (χ0n) is 19.2. The second kappa shape index (κ2) is 11.5. The molecule has 1 heterocycles. The predicted molar refractivity (Wildman–Crippen MR) is 130 cm³/mol. The molecule has 1 aliphatic rings. The summed E-state index contributed by atoms with van der Waals surface area (Å²) in [5.41, 5.74) is 3.95. The summed E-state index contributed by atoms with van der Waals surface area (Å²) in [5, 5.41) is 8.58. The standard InChI is InChI=1S/C25H34N4O3/c1-4-19-5-7-20(8-6-19)27-25(31)28-21-9-10-23(29-14-11-18(2)12-15-29)22(17-21)24(30)26-13-16-32-3/h5-10,17-18H,4,11-16H2,1-3H3,(H,26,30)(H2,27,28,31). The summed E-state index contributed by atoms with van der Waals surface area (Å²) in [7, 11) is 1.60. The fourth-order valence-corrected chi connectivity index (χ4v) is 3.80. The smallest absolute Gasteiger partial charge is 0.323 e. The molecular formula is C25H34N4O3. The molecule has 1 aliphatic heterocycles. The number of anilines is 3. The fourth-order valence-electron chi connectivity index (χ4n) is 3.80.